The van der Waals surface area contributed by atoms with Gasteiger partial charge in [-0.2, -0.15) is 0 Å². The lowest BCUT2D eigenvalue weighted by Gasteiger charge is -2.23. The van der Waals surface area contributed by atoms with E-state index >= 15 is 0 Å². The number of hydrogen-bond donors (Lipinski definition) is 3. The van der Waals surface area contributed by atoms with Gasteiger partial charge in [-0.15, -0.1) is 0 Å². The Morgan fingerprint density at radius 1 is 1.17 bits per heavy atom. The molecule has 0 saturated carbocycles. The Labute approximate surface area is 169 Å². The summed E-state index contributed by atoms with van der Waals surface area (Å²) in [6.07, 6.45) is 1.69. The number of nitrogens with one attached hydrogen (secondary N) is 2. The normalized spacial score (nSPS) is 15.4. The summed E-state index contributed by atoms with van der Waals surface area (Å²) in [5, 5.41) is 15.2. The molecule has 1 aliphatic heterocycles. The Morgan fingerprint density at radius 3 is 2.48 bits per heavy atom. The minimum Gasteiger partial charge on any atom is -0.482 e. The van der Waals surface area contributed by atoms with Crippen molar-refractivity contribution in [2.75, 3.05) is 39.5 Å². The molecule has 9 heteroatoms. The van der Waals surface area contributed by atoms with Crippen LogP contribution in [0.1, 0.15) is 30.1 Å². The smallest absolute Gasteiger partial charge is 0.344 e. The van der Waals surface area contributed by atoms with E-state index in [0.717, 1.165) is 25.9 Å². The third-order valence-corrected chi connectivity index (χ3v) is 4.37. The largest absolute Gasteiger partial charge is 0.482 e. The molecule has 160 valence electrons. The predicted octanol–water partition coefficient (Wildman–Crippen LogP) is 0.0569. The Balaban J connectivity index is 1.82. The monoisotopic (exact) mass is 408 g/mol. The molecule has 3 N–H and O–H groups in total. The average Bonchev–Trinajstić information content (AvgIpc) is 2.75. The van der Waals surface area contributed by atoms with Gasteiger partial charge in [-0.3, -0.25) is 9.59 Å². The van der Waals surface area contributed by atoms with E-state index in [1.165, 1.54) is 24.3 Å². The molecular formula is C20H28N2O7. The molecule has 0 aromatic heterocycles. The van der Waals surface area contributed by atoms with E-state index in [2.05, 4.69) is 10.6 Å². The summed E-state index contributed by atoms with van der Waals surface area (Å²) in [4.78, 5) is 35.9. The molecule has 0 radical (unpaired) electrons. The van der Waals surface area contributed by atoms with Gasteiger partial charge in [0.25, 0.3) is 0 Å². The molecule has 1 fully saturated rings. The minimum atomic E-state index is -1.06. The Bertz CT molecular complexity index is 672. The van der Waals surface area contributed by atoms with E-state index in [0.29, 0.717) is 11.3 Å². The summed E-state index contributed by atoms with van der Waals surface area (Å²) in [6, 6.07) is 5.00. The molecule has 0 spiro atoms. The summed E-state index contributed by atoms with van der Waals surface area (Å²) in [7, 11) is 0. The molecular weight excluding hydrogens is 380 g/mol. The number of benzene rings is 1. The number of esters is 1. The number of hydrogen-bond acceptors (Lipinski definition) is 8. The van der Waals surface area contributed by atoms with Gasteiger partial charge < -0.3 is 30.0 Å². The van der Waals surface area contributed by atoms with Crippen LogP contribution in [-0.2, 0) is 19.1 Å². The number of amides is 1. The van der Waals surface area contributed by atoms with Crippen molar-refractivity contribution in [3.63, 3.8) is 0 Å². The van der Waals surface area contributed by atoms with Crippen molar-refractivity contribution in [2.24, 2.45) is 0 Å². The first-order chi connectivity index (χ1) is 14.0. The number of ketones is 1. The van der Waals surface area contributed by atoms with Gasteiger partial charge in [0.2, 0.25) is 5.91 Å². The van der Waals surface area contributed by atoms with Crippen LogP contribution in [0.3, 0.4) is 0 Å². The van der Waals surface area contributed by atoms with Crippen molar-refractivity contribution in [3.8, 4) is 5.75 Å². The highest BCUT2D eigenvalue weighted by atomic mass is 16.6. The zero-order valence-electron chi connectivity index (χ0n) is 16.5. The molecule has 1 aromatic rings. The van der Waals surface area contributed by atoms with Gasteiger partial charge >= 0.3 is 5.97 Å². The summed E-state index contributed by atoms with van der Waals surface area (Å²) in [5.41, 5.74) is 0.298. The van der Waals surface area contributed by atoms with Crippen LogP contribution in [0.4, 0.5) is 0 Å². The lowest BCUT2D eigenvalue weighted by atomic mass is 10.0. The van der Waals surface area contributed by atoms with Crippen molar-refractivity contribution in [2.45, 2.75) is 31.9 Å². The van der Waals surface area contributed by atoms with E-state index < -0.39 is 30.3 Å². The van der Waals surface area contributed by atoms with Gasteiger partial charge in [-0.05, 0) is 57.1 Å². The number of rotatable bonds is 11. The molecule has 9 nitrogen and oxygen atoms in total. The Morgan fingerprint density at radius 2 is 1.86 bits per heavy atom. The van der Waals surface area contributed by atoms with Crippen LogP contribution >= 0.6 is 0 Å². The SMILES string of the molecule is CCOC(=O)COc1ccc(C(=O)[C@H](CO)NC(=O)COC2CCNCC2)cc1. The molecule has 0 aliphatic carbocycles. The van der Waals surface area contributed by atoms with Gasteiger partial charge in [0.1, 0.15) is 18.4 Å². The molecule has 0 bridgehead atoms. The zero-order chi connectivity index (χ0) is 21.1. The molecule has 1 amide bonds. The summed E-state index contributed by atoms with van der Waals surface area (Å²) >= 11 is 0. The van der Waals surface area contributed by atoms with Gasteiger partial charge in [-0.1, -0.05) is 0 Å². The third kappa shape index (κ3) is 7.80. The minimum absolute atomic E-state index is 0.0208. The number of piperidine rings is 1. The maximum absolute atomic E-state index is 12.5. The van der Waals surface area contributed by atoms with Crippen LogP contribution in [-0.4, -0.2) is 74.4 Å². The third-order valence-electron chi connectivity index (χ3n) is 4.37. The van der Waals surface area contributed by atoms with Crippen LogP contribution in [0.5, 0.6) is 5.75 Å². The first kappa shape index (κ1) is 22.8. The number of carbonyl (C=O) groups excluding carboxylic acids is 3. The lowest BCUT2D eigenvalue weighted by Crippen LogP contribution is -2.45. The second kappa shape index (κ2) is 12.2. The fourth-order valence-electron chi connectivity index (χ4n) is 2.85. The first-order valence-corrected chi connectivity index (χ1v) is 9.68. The fraction of sp³-hybridized carbons (Fsp3) is 0.550. The van der Waals surface area contributed by atoms with E-state index in [4.69, 9.17) is 14.2 Å². The second-order valence-electron chi connectivity index (χ2n) is 6.55. The molecule has 29 heavy (non-hydrogen) atoms. The molecule has 0 unspecified atom stereocenters. The van der Waals surface area contributed by atoms with Gasteiger partial charge in [-0.25, -0.2) is 4.79 Å². The summed E-state index contributed by atoms with van der Waals surface area (Å²) in [6.45, 7) is 2.76. The Hall–Kier alpha value is -2.49. The van der Waals surface area contributed by atoms with Crippen molar-refractivity contribution in [1.82, 2.24) is 10.6 Å². The van der Waals surface area contributed by atoms with Crippen LogP contribution < -0.4 is 15.4 Å². The fourth-order valence-corrected chi connectivity index (χ4v) is 2.85. The average molecular weight is 408 g/mol. The standard InChI is InChI=1S/C20H28N2O7/c1-2-27-19(25)13-29-15-5-3-14(4-6-15)20(26)17(11-23)22-18(24)12-28-16-7-9-21-10-8-16/h3-6,16-17,21,23H,2,7-13H2,1H3,(H,22,24)/t17-/m0/s1. The lowest BCUT2D eigenvalue weighted by molar-refractivity contribution is -0.145. The van der Waals surface area contributed by atoms with Crippen LogP contribution in [0.2, 0.25) is 0 Å². The topological polar surface area (TPSA) is 123 Å². The number of ether oxygens (including phenoxy) is 3. The maximum atomic E-state index is 12.5. The quantitative estimate of drug-likeness (QED) is 0.347. The van der Waals surface area contributed by atoms with Crippen molar-refractivity contribution in [1.29, 1.82) is 0 Å². The van der Waals surface area contributed by atoms with Crippen molar-refractivity contribution >= 4 is 17.7 Å². The number of carbonyl (C=O) groups is 3. The van der Waals surface area contributed by atoms with Gasteiger partial charge in [0.15, 0.2) is 12.4 Å². The second-order valence-corrected chi connectivity index (χ2v) is 6.55. The highest BCUT2D eigenvalue weighted by Gasteiger charge is 2.22. The van der Waals surface area contributed by atoms with Crippen molar-refractivity contribution in [3.05, 3.63) is 29.8 Å². The van der Waals surface area contributed by atoms with Gasteiger partial charge in [0.05, 0.1) is 19.3 Å². The molecule has 1 aliphatic rings. The molecule has 1 saturated heterocycles. The number of Topliss-reactive ketones (excluding diaryl/α,β-unsaturated/α-hetero) is 1. The van der Waals surface area contributed by atoms with Crippen molar-refractivity contribution < 1.29 is 33.7 Å². The molecule has 1 atom stereocenters. The first-order valence-electron chi connectivity index (χ1n) is 9.68. The summed E-state index contributed by atoms with van der Waals surface area (Å²) < 4.78 is 15.6. The van der Waals surface area contributed by atoms with E-state index in [1.807, 2.05) is 0 Å². The number of aliphatic hydroxyl groups excluding tert-OH is 1. The summed E-state index contributed by atoms with van der Waals surface area (Å²) in [5.74, 6) is -0.970. The number of aliphatic hydroxyl groups is 1. The van der Waals surface area contributed by atoms with E-state index in [1.54, 1.807) is 6.92 Å². The highest BCUT2D eigenvalue weighted by molar-refractivity contribution is 6.02. The van der Waals surface area contributed by atoms with E-state index in [9.17, 15) is 19.5 Å². The van der Waals surface area contributed by atoms with Crippen LogP contribution in [0.25, 0.3) is 0 Å². The predicted molar refractivity (Wildman–Crippen MR) is 104 cm³/mol. The maximum Gasteiger partial charge on any atom is 0.344 e. The highest BCUT2D eigenvalue weighted by Crippen LogP contribution is 2.14. The molecule has 1 aromatic carbocycles. The molecule has 1 heterocycles. The molecule has 2 rings (SSSR count). The van der Waals surface area contributed by atoms with E-state index in [-0.39, 0.29) is 25.9 Å². The Kier molecular flexibility index (Phi) is 9.55. The van der Waals surface area contributed by atoms with Crippen LogP contribution in [0.15, 0.2) is 24.3 Å². The van der Waals surface area contributed by atoms with Crippen LogP contribution in [0, 0.1) is 0 Å². The van der Waals surface area contributed by atoms with Gasteiger partial charge in [0, 0.05) is 5.56 Å². The zero-order valence-corrected chi connectivity index (χ0v) is 16.5.